The third-order valence-electron chi connectivity index (χ3n) is 0.933. The molecule has 0 radical (unpaired) electrons. The highest BCUT2D eigenvalue weighted by Gasteiger charge is 2.09. The van der Waals surface area contributed by atoms with Gasteiger partial charge in [0, 0.05) is 6.61 Å². The van der Waals surface area contributed by atoms with Crippen LogP contribution in [0.5, 0.6) is 0 Å². The molecule has 0 aromatic heterocycles. The van der Waals surface area contributed by atoms with E-state index in [1.165, 1.54) is 0 Å². The first-order chi connectivity index (χ1) is 4.22. The third kappa shape index (κ3) is 2.98. The maximum atomic E-state index is 10.4. The molecule has 9 heavy (non-hydrogen) atoms. The van der Waals surface area contributed by atoms with Crippen molar-refractivity contribution >= 4 is 12.1 Å². The molecule has 0 rings (SSSR count). The largest absolute Gasteiger partial charge is 0.371 e. The number of Topliss-reactive ketones (excluding diaryl/α,β-unsaturated/α-hetero) is 1. The molecule has 3 heteroatoms. The highest BCUT2D eigenvalue weighted by molar-refractivity contribution is 6.26. The highest BCUT2D eigenvalue weighted by Crippen LogP contribution is 1.88. The molecular weight excluding hydrogens is 120 g/mol. The van der Waals surface area contributed by atoms with E-state index in [4.69, 9.17) is 4.74 Å². The Morgan fingerprint density at radius 3 is 2.67 bits per heavy atom. The van der Waals surface area contributed by atoms with Crippen molar-refractivity contribution in [3.8, 4) is 0 Å². The molecule has 0 aliphatic heterocycles. The molecule has 0 fully saturated rings. The molecule has 0 amide bonds. The maximum absolute atomic E-state index is 10.4. The van der Waals surface area contributed by atoms with Gasteiger partial charge in [0.05, 0.1) is 0 Å². The van der Waals surface area contributed by atoms with Crippen molar-refractivity contribution in [3.63, 3.8) is 0 Å². The van der Waals surface area contributed by atoms with Crippen LogP contribution in [0.2, 0.25) is 0 Å². The number of hydrogen-bond acceptors (Lipinski definition) is 3. The summed E-state index contributed by atoms with van der Waals surface area (Å²) in [7, 11) is 0. The smallest absolute Gasteiger partial charge is 0.223 e. The molecule has 3 nitrogen and oxygen atoms in total. The van der Waals surface area contributed by atoms with Gasteiger partial charge in [0.25, 0.3) is 0 Å². The lowest BCUT2D eigenvalue weighted by Crippen LogP contribution is -2.21. The van der Waals surface area contributed by atoms with E-state index in [2.05, 4.69) is 0 Å². The predicted molar refractivity (Wildman–Crippen MR) is 32.2 cm³/mol. The summed E-state index contributed by atoms with van der Waals surface area (Å²) < 4.78 is 4.81. The number of rotatable bonds is 4. The molecule has 0 aliphatic rings. The fourth-order valence-electron chi connectivity index (χ4n) is 0.428. The van der Waals surface area contributed by atoms with Crippen molar-refractivity contribution in [2.75, 3.05) is 6.61 Å². The number of aldehydes is 1. The second-order valence-corrected chi connectivity index (χ2v) is 1.62. The van der Waals surface area contributed by atoms with Gasteiger partial charge < -0.3 is 4.74 Å². The fraction of sp³-hybridized carbons (Fsp3) is 0.667. The monoisotopic (exact) mass is 130 g/mol. The molecule has 0 N–H and O–H groups in total. The van der Waals surface area contributed by atoms with Gasteiger partial charge in [0.1, 0.15) is 6.10 Å². The van der Waals surface area contributed by atoms with E-state index in [-0.39, 0.29) is 6.29 Å². The van der Waals surface area contributed by atoms with Crippen LogP contribution in [-0.4, -0.2) is 24.8 Å². The number of ether oxygens (including phenoxy) is 1. The van der Waals surface area contributed by atoms with E-state index in [1.807, 2.05) is 0 Å². The Labute approximate surface area is 54.0 Å². The van der Waals surface area contributed by atoms with E-state index in [9.17, 15) is 9.59 Å². The van der Waals surface area contributed by atoms with Crippen molar-refractivity contribution < 1.29 is 14.3 Å². The maximum Gasteiger partial charge on any atom is 0.223 e. The van der Waals surface area contributed by atoms with E-state index >= 15 is 0 Å². The van der Waals surface area contributed by atoms with Crippen LogP contribution in [0.4, 0.5) is 0 Å². The van der Waals surface area contributed by atoms with Crippen LogP contribution >= 0.6 is 0 Å². The molecule has 0 heterocycles. The third-order valence-corrected chi connectivity index (χ3v) is 0.933. The lowest BCUT2D eigenvalue weighted by molar-refractivity contribution is -0.137. The van der Waals surface area contributed by atoms with Gasteiger partial charge in [-0.2, -0.15) is 0 Å². The Morgan fingerprint density at radius 1 is 1.78 bits per heavy atom. The minimum Gasteiger partial charge on any atom is -0.371 e. The Balaban J connectivity index is 3.58. The molecule has 1 atom stereocenters. The first-order valence-electron chi connectivity index (χ1n) is 2.83. The summed E-state index contributed by atoms with van der Waals surface area (Å²) in [6.45, 7) is 3.79. The molecule has 0 saturated carbocycles. The van der Waals surface area contributed by atoms with Crippen molar-refractivity contribution in [1.29, 1.82) is 0 Å². The zero-order valence-corrected chi connectivity index (χ0v) is 5.59. The van der Waals surface area contributed by atoms with Gasteiger partial charge in [-0.3, -0.25) is 9.59 Å². The van der Waals surface area contributed by atoms with Crippen molar-refractivity contribution in [2.24, 2.45) is 0 Å². The van der Waals surface area contributed by atoms with Crippen LogP contribution in [0.1, 0.15) is 13.8 Å². The molecule has 0 aromatic carbocycles. The van der Waals surface area contributed by atoms with E-state index in [1.54, 1.807) is 13.8 Å². The van der Waals surface area contributed by atoms with Gasteiger partial charge in [-0.25, -0.2) is 0 Å². The second-order valence-electron chi connectivity index (χ2n) is 1.62. The van der Waals surface area contributed by atoms with Gasteiger partial charge in [0.2, 0.25) is 5.78 Å². The summed E-state index contributed by atoms with van der Waals surface area (Å²) in [6.07, 6.45) is -0.298. The van der Waals surface area contributed by atoms with E-state index in [0.29, 0.717) is 6.61 Å². The van der Waals surface area contributed by atoms with Crippen LogP contribution in [0.15, 0.2) is 0 Å². The lowest BCUT2D eigenvalue weighted by Gasteiger charge is -2.03. The fourth-order valence-corrected chi connectivity index (χ4v) is 0.428. The summed E-state index contributed by atoms with van der Waals surface area (Å²) in [5.74, 6) is -0.503. The first kappa shape index (κ1) is 8.30. The Kier molecular flexibility index (Phi) is 3.88. The van der Waals surface area contributed by atoms with Gasteiger partial charge in [-0.15, -0.1) is 0 Å². The molecular formula is C6H10O3. The lowest BCUT2D eigenvalue weighted by atomic mass is 10.3. The molecule has 0 saturated heterocycles. The molecule has 0 spiro atoms. The van der Waals surface area contributed by atoms with Crippen molar-refractivity contribution in [3.05, 3.63) is 0 Å². The van der Waals surface area contributed by atoms with Crippen molar-refractivity contribution in [2.45, 2.75) is 20.0 Å². The van der Waals surface area contributed by atoms with Crippen LogP contribution in [-0.2, 0) is 14.3 Å². The normalized spacial score (nSPS) is 12.7. The zero-order chi connectivity index (χ0) is 7.28. The zero-order valence-electron chi connectivity index (χ0n) is 5.59. The Hall–Kier alpha value is -0.700. The van der Waals surface area contributed by atoms with E-state index < -0.39 is 11.9 Å². The highest BCUT2D eigenvalue weighted by atomic mass is 16.5. The topological polar surface area (TPSA) is 43.4 Å². The predicted octanol–water partition coefficient (Wildman–Crippen LogP) is 0.179. The van der Waals surface area contributed by atoms with Gasteiger partial charge in [-0.1, -0.05) is 0 Å². The SMILES string of the molecule is CCO[C@H](C)C(=O)C=O. The molecule has 0 aliphatic carbocycles. The number of hydrogen-bond donors (Lipinski definition) is 0. The van der Waals surface area contributed by atoms with Crippen LogP contribution < -0.4 is 0 Å². The van der Waals surface area contributed by atoms with Crippen molar-refractivity contribution in [1.82, 2.24) is 0 Å². The van der Waals surface area contributed by atoms with Gasteiger partial charge in [0.15, 0.2) is 6.29 Å². The van der Waals surface area contributed by atoms with Crippen LogP contribution in [0.25, 0.3) is 0 Å². The molecule has 0 bridgehead atoms. The second kappa shape index (κ2) is 4.21. The summed E-state index contributed by atoms with van der Waals surface area (Å²) in [6, 6.07) is 0. The van der Waals surface area contributed by atoms with Crippen LogP contribution in [0.3, 0.4) is 0 Å². The number of carbonyl (C=O) groups excluding carboxylic acids is 2. The van der Waals surface area contributed by atoms with Crippen LogP contribution in [0, 0.1) is 0 Å². The van der Waals surface area contributed by atoms with E-state index in [0.717, 1.165) is 0 Å². The Morgan fingerprint density at radius 2 is 2.33 bits per heavy atom. The molecule has 52 valence electrons. The molecule has 0 aromatic rings. The minimum atomic E-state index is -0.576. The minimum absolute atomic E-state index is 0.278. The van der Waals surface area contributed by atoms with Gasteiger partial charge in [-0.05, 0) is 13.8 Å². The summed E-state index contributed by atoms with van der Waals surface area (Å²) in [4.78, 5) is 20.2. The average Bonchev–Trinajstić information content (AvgIpc) is 1.87. The van der Waals surface area contributed by atoms with Gasteiger partial charge >= 0.3 is 0 Å². The number of ketones is 1. The average molecular weight is 130 g/mol. The summed E-state index contributed by atoms with van der Waals surface area (Å²) in [5, 5.41) is 0. The standard InChI is InChI=1S/C6H10O3/c1-3-9-5(2)6(8)4-7/h4-5H,3H2,1-2H3/t5-/m1/s1. The Bertz CT molecular complexity index is 109. The first-order valence-corrected chi connectivity index (χ1v) is 2.83. The molecule has 0 unspecified atom stereocenters. The summed E-state index contributed by atoms with van der Waals surface area (Å²) >= 11 is 0. The summed E-state index contributed by atoms with van der Waals surface area (Å²) in [5.41, 5.74) is 0. The quantitative estimate of drug-likeness (QED) is 0.402. The number of carbonyl (C=O) groups is 2.